The summed E-state index contributed by atoms with van der Waals surface area (Å²) >= 11 is 0. The zero-order chi connectivity index (χ0) is 23.8. The second-order valence-electron chi connectivity index (χ2n) is 8.15. The highest BCUT2D eigenvalue weighted by molar-refractivity contribution is 6.09. The van der Waals surface area contributed by atoms with Gasteiger partial charge in [-0.3, -0.25) is 0 Å². The van der Waals surface area contributed by atoms with Gasteiger partial charge >= 0.3 is 0 Å². The fourth-order valence-corrected chi connectivity index (χ4v) is 4.27. The Kier molecular flexibility index (Phi) is 5.23. The van der Waals surface area contributed by atoms with Crippen molar-refractivity contribution in [3.8, 4) is 46.4 Å². The Labute approximate surface area is 198 Å². The van der Waals surface area contributed by atoms with Crippen molar-refractivity contribution in [2.45, 2.75) is 13.8 Å². The second-order valence-corrected chi connectivity index (χ2v) is 8.15. The molecule has 0 amide bonds. The smallest absolute Gasteiger partial charge is 0.219 e. The Morgan fingerprint density at radius 3 is 2.53 bits per heavy atom. The van der Waals surface area contributed by atoms with Crippen molar-refractivity contribution in [3.05, 3.63) is 83.9 Å². The first-order valence-electron chi connectivity index (χ1n) is 10.8. The summed E-state index contributed by atoms with van der Waals surface area (Å²) in [6, 6.07) is 17.5. The Bertz CT molecular complexity index is 1580. The van der Waals surface area contributed by atoms with Crippen LogP contribution in [-0.4, -0.2) is 19.5 Å². The van der Waals surface area contributed by atoms with Crippen LogP contribution in [0, 0.1) is 26.2 Å². The number of nitrogens with two attached hydrogens (primary N) is 1. The van der Waals surface area contributed by atoms with Gasteiger partial charge in [-0.05, 0) is 55.3 Å². The maximum Gasteiger partial charge on any atom is 0.219 e. The van der Waals surface area contributed by atoms with Crippen LogP contribution in [0.2, 0.25) is 0 Å². The van der Waals surface area contributed by atoms with Gasteiger partial charge in [0.1, 0.15) is 17.3 Å². The summed E-state index contributed by atoms with van der Waals surface area (Å²) in [5.74, 6) is 4.34. The number of aromatic nitrogens is 4. The van der Waals surface area contributed by atoms with Gasteiger partial charge in [-0.1, -0.05) is 24.1 Å². The molecule has 0 aliphatic heterocycles. The fraction of sp³-hybridized carbons (Fsp3) is 0.107. The van der Waals surface area contributed by atoms with E-state index in [0.29, 0.717) is 23.1 Å². The van der Waals surface area contributed by atoms with Crippen LogP contribution in [0.5, 0.6) is 11.6 Å². The number of nitrogen functional groups attached to an aromatic ring is 1. The average molecular weight is 446 g/mol. The Morgan fingerprint density at radius 2 is 1.82 bits per heavy atom. The molecule has 0 spiro atoms. The monoisotopic (exact) mass is 445 g/mol. The molecule has 0 saturated heterocycles. The van der Waals surface area contributed by atoms with E-state index in [-0.39, 0.29) is 0 Å². The third kappa shape index (κ3) is 3.63. The molecular weight excluding hydrogens is 422 g/mol. The highest BCUT2D eigenvalue weighted by atomic mass is 16.5. The highest BCUT2D eigenvalue weighted by Gasteiger charge is 2.22. The second kappa shape index (κ2) is 8.38. The number of rotatable bonds is 4. The summed E-state index contributed by atoms with van der Waals surface area (Å²) in [5, 5.41) is 0.898. The van der Waals surface area contributed by atoms with Gasteiger partial charge in [-0.25, -0.2) is 15.0 Å². The van der Waals surface area contributed by atoms with E-state index in [0.717, 1.165) is 44.5 Å². The number of anilines is 1. The molecule has 0 aliphatic rings. The first-order valence-corrected chi connectivity index (χ1v) is 10.8. The third-order valence-electron chi connectivity index (χ3n) is 5.88. The van der Waals surface area contributed by atoms with Crippen molar-refractivity contribution >= 4 is 16.7 Å². The molecule has 2 N–H and O–H groups in total. The molecule has 34 heavy (non-hydrogen) atoms. The van der Waals surface area contributed by atoms with Crippen LogP contribution in [0.3, 0.4) is 0 Å². The molecule has 0 saturated carbocycles. The number of nitrogens with zero attached hydrogens (tertiary/aromatic N) is 4. The van der Waals surface area contributed by atoms with E-state index < -0.39 is 0 Å². The van der Waals surface area contributed by atoms with Crippen LogP contribution in [0.15, 0.2) is 67.0 Å². The molecule has 0 radical (unpaired) electrons. The number of fused-ring (bicyclic) bond motifs is 1. The fourth-order valence-electron chi connectivity index (χ4n) is 4.27. The minimum Gasteiger partial charge on any atom is -0.439 e. The quantitative estimate of drug-likeness (QED) is 0.361. The number of hydrogen-bond donors (Lipinski definition) is 1. The maximum absolute atomic E-state index is 6.39. The number of pyridine rings is 3. The summed E-state index contributed by atoms with van der Waals surface area (Å²) in [7, 11) is 2.02. The Balaban J connectivity index is 1.67. The van der Waals surface area contributed by atoms with Crippen molar-refractivity contribution in [1.82, 2.24) is 19.5 Å². The van der Waals surface area contributed by atoms with Gasteiger partial charge in [-0.15, -0.1) is 6.42 Å². The van der Waals surface area contributed by atoms with Crippen LogP contribution in [-0.2, 0) is 7.05 Å². The van der Waals surface area contributed by atoms with E-state index in [1.807, 2.05) is 81.7 Å². The molecule has 0 fully saturated rings. The molecule has 166 valence electrons. The van der Waals surface area contributed by atoms with Crippen molar-refractivity contribution in [1.29, 1.82) is 0 Å². The van der Waals surface area contributed by atoms with Crippen molar-refractivity contribution in [2.24, 2.45) is 7.05 Å². The number of terminal acetylenes is 1. The standard InChI is InChI=1S/C28H23N5O/c1-5-20-15-17(2)22(16-31-20)27-25(26-23(33(27)4)13-14-30-28(26)29)19-9-11-21(12-10-19)34-24-8-6-7-18(3)32-24/h1,6-16H,2-4H3,(H2,29,30). The summed E-state index contributed by atoms with van der Waals surface area (Å²) in [4.78, 5) is 13.2. The maximum atomic E-state index is 6.39. The van der Waals surface area contributed by atoms with Gasteiger partial charge in [0.05, 0.1) is 16.6 Å². The SMILES string of the molecule is C#Cc1cc(C)c(-c2c(-c3ccc(Oc4cccc(C)n4)cc3)c3c(N)nccc3n2C)cn1. The minimum absolute atomic E-state index is 0.476. The van der Waals surface area contributed by atoms with E-state index in [9.17, 15) is 0 Å². The van der Waals surface area contributed by atoms with Crippen LogP contribution in [0.25, 0.3) is 33.3 Å². The Morgan fingerprint density at radius 1 is 1.03 bits per heavy atom. The van der Waals surface area contributed by atoms with Gasteiger partial charge in [0, 0.05) is 42.3 Å². The van der Waals surface area contributed by atoms with Crippen LogP contribution >= 0.6 is 0 Å². The van der Waals surface area contributed by atoms with Gasteiger partial charge in [-0.2, -0.15) is 0 Å². The van der Waals surface area contributed by atoms with Crippen LogP contribution in [0.1, 0.15) is 17.0 Å². The normalized spacial score (nSPS) is 10.9. The van der Waals surface area contributed by atoms with Crippen LogP contribution in [0.4, 0.5) is 5.82 Å². The zero-order valence-corrected chi connectivity index (χ0v) is 19.2. The lowest BCUT2D eigenvalue weighted by molar-refractivity contribution is 0.462. The highest BCUT2D eigenvalue weighted by Crippen LogP contribution is 2.43. The average Bonchev–Trinajstić information content (AvgIpc) is 3.13. The molecule has 4 heterocycles. The summed E-state index contributed by atoms with van der Waals surface area (Å²) < 4.78 is 8.07. The van der Waals surface area contributed by atoms with E-state index >= 15 is 0 Å². The first kappa shape index (κ1) is 21.2. The zero-order valence-electron chi connectivity index (χ0n) is 19.2. The molecule has 4 aromatic heterocycles. The molecule has 0 bridgehead atoms. The molecular formula is C28H23N5O. The van der Waals surface area contributed by atoms with E-state index in [1.165, 1.54) is 0 Å². The lowest BCUT2D eigenvalue weighted by Gasteiger charge is -2.12. The summed E-state index contributed by atoms with van der Waals surface area (Å²) in [6.45, 7) is 3.97. The van der Waals surface area contributed by atoms with E-state index in [4.69, 9.17) is 16.9 Å². The number of aryl methyl sites for hydroxylation is 3. The summed E-state index contributed by atoms with van der Waals surface area (Å²) in [6.07, 6.45) is 9.11. The molecule has 6 heteroatoms. The van der Waals surface area contributed by atoms with Gasteiger partial charge in [0.15, 0.2) is 0 Å². The van der Waals surface area contributed by atoms with E-state index in [1.54, 1.807) is 6.20 Å². The number of ether oxygens (including phenoxy) is 1. The lowest BCUT2D eigenvalue weighted by Crippen LogP contribution is -1.97. The predicted molar refractivity (Wildman–Crippen MR) is 136 cm³/mol. The molecule has 6 nitrogen and oxygen atoms in total. The third-order valence-corrected chi connectivity index (χ3v) is 5.88. The molecule has 0 atom stereocenters. The van der Waals surface area contributed by atoms with Gasteiger partial charge in [0.25, 0.3) is 0 Å². The van der Waals surface area contributed by atoms with E-state index in [2.05, 4.69) is 25.4 Å². The molecule has 0 unspecified atom stereocenters. The lowest BCUT2D eigenvalue weighted by atomic mass is 9.97. The van der Waals surface area contributed by atoms with Gasteiger partial charge < -0.3 is 15.0 Å². The summed E-state index contributed by atoms with van der Waals surface area (Å²) in [5.41, 5.74) is 13.9. The number of hydrogen-bond acceptors (Lipinski definition) is 5. The molecule has 5 aromatic rings. The number of benzene rings is 1. The topological polar surface area (TPSA) is 78.9 Å². The molecule has 1 aromatic carbocycles. The van der Waals surface area contributed by atoms with Crippen molar-refractivity contribution in [2.75, 3.05) is 5.73 Å². The Hall–Kier alpha value is -4.63. The molecule has 5 rings (SSSR count). The van der Waals surface area contributed by atoms with Crippen molar-refractivity contribution < 1.29 is 4.74 Å². The van der Waals surface area contributed by atoms with Crippen molar-refractivity contribution in [3.63, 3.8) is 0 Å². The largest absolute Gasteiger partial charge is 0.439 e. The van der Waals surface area contributed by atoms with Gasteiger partial charge in [0.2, 0.25) is 5.88 Å². The first-order chi connectivity index (χ1) is 16.5. The predicted octanol–water partition coefficient (Wildman–Crippen LogP) is 5.67. The molecule has 0 aliphatic carbocycles. The minimum atomic E-state index is 0.476. The van der Waals surface area contributed by atoms with Crippen LogP contribution < -0.4 is 10.5 Å².